The summed E-state index contributed by atoms with van der Waals surface area (Å²) in [6.07, 6.45) is 0.698. The summed E-state index contributed by atoms with van der Waals surface area (Å²) in [7, 11) is 0. The number of nitrogens with one attached hydrogen (secondary N) is 3. The maximum Gasteiger partial charge on any atom is 0.414 e. The number of ether oxygens (including phenoxy) is 1. The molecule has 0 bridgehead atoms. The Balaban J connectivity index is 1.21. The molecule has 2 aromatic carbocycles. The van der Waals surface area contributed by atoms with E-state index in [9.17, 15) is 19.5 Å². The van der Waals surface area contributed by atoms with Gasteiger partial charge in [-0.15, -0.1) is 5.10 Å². The first kappa shape index (κ1) is 21.6. The molecule has 0 aliphatic heterocycles. The van der Waals surface area contributed by atoms with Crippen LogP contribution in [-0.4, -0.2) is 50.4 Å². The van der Waals surface area contributed by atoms with Gasteiger partial charge in [0.2, 0.25) is 5.82 Å². The Bertz CT molecular complexity index is 1240. The Morgan fingerprint density at radius 2 is 1.71 bits per heavy atom. The summed E-state index contributed by atoms with van der Waals surface area (Å²) in [5, 5.41) is 20.6. The molecule has 1 unspecified atom stereocenters. The second-order valence-electron chi connectivity index (χ2n) is 8.69. The van der Waals surface area contributed by atoms with Crippen molar-refractivity contribution in [1.29, 1.82) is 0 Å². The average molecular weight is 461 g/mol. The number of hydrogen-bond donors (Lipinski definition) is 4. The number of carbonyl (C=O) groups excluding carboxylic acids is 2. The van der Waals surface area contributed by atoms with E-state index < -0.39 is 23.5 Å². The third-order valence-electron chi connectivity index (χ3n) is 6.47. The Hall–Kier alpha value is -4.21. The minimum absolute atomic E-state index is 0.0947. The van der Waals surface area contributed by atoms with Gasteiger partial charge in [-0.3, -0.25) is 15.2 Å². The van der Waals surface area contributed by atoms with Crippen LogP contribution in [0.25, 0.3) is 11.1 Å². The highest BCUT2D eigenvalue weighted by atomic mass is 16.5. The molecule has 2 aliphatic carbocycles. The summed E-state index contributed by atoms with van der Waals surface area (Å²) in [6.45, 7) is 1.59. The smallest absolute Gasteiger partial charge is 0.414 e. The van der Waals surface area contributed by atoms with Crippen molar-refractivity contribution < 1.29 is 24.2 Å². The van der Waals surface area contributed by atoms with E-state index in [0.717, 1.165) is 35.1 Å². The third kappa shape index (κ3) is 3.87. The van der Waals surface area contributed by atoms with Crippen molar-refractivity contribution in [2.45, 2.75) is 31.2 Å². The van der Waals surface area contributed by atoms with Crippen molar-refractivity contribution in [1.82, 2.24) is 20.5 Å². The average Bonchev–Trinajstić information content (AvgIpc) is 3.51. The molecule has 10 heteroatoms. The van der Waals surface area contributed by atoms with Gasteiger partial charge < -0.3 is 15.2 Å². The number of carbonyl (C=O) groups is 3. The zero-order valence-electron chi connectivity index (χ0n) is 18.4. The fraction of sp³-hybridized carbons (Fsp3) is 0.292. The van der Waals surface area contributed by atoms with E-state index in [2.05, 4.69) is 25.8 Å². The van der Waals surface area contributed by atoms with Crippen LogP contribution < -0.4 is 10.6 Å². The molecule has 2 aliphatic rings. The quantitative estimate of drug-likeness (QED) is 0.423. The molecule has 0 radical (unpaired) electrons. The second-order valence-corrected chi connectivity index (χ2v) is 8.69. The van der Waals surface area contributed by atoms with Gasteiger partial charge in [-0.25, -0.2) is 9.59 Å². The van der Waals surface area contributed by atoms with E-state index in [-0.39, 0.29) is 30.2 Å². The minimum Gasteiger partial charge on any atom is -0.480 e. The van der Waals surface area contributed by atoms with Crippen molar-refractivity contribution in [3.8, 4) is 11.1 Å². The number of carboxylic acid groups (broad SMARTS) is 1. The van der Waals surface area contributed by atoms with Crippen molar-refractivity contribution in [2.24, 2.45) is 5.92 Å². The molecule has 174 valence electrons. The van der Waals surface area contributed by atoms with Crippen LogP contribution in [0.5, 0.6) is 0 Å². The molecule has 0 spiro atoms. The van der Waals surface area contributed by atoms with Crippen molar-refractivity contribution >= 4 is 23.9 Å². The van der Waals surface area contributed by atoms with Crippen LogP contribution in [0.3, 0.4) is 0 Å². The van der Waals surface area contributed by atoms with Crippen LogP contribution in [0.15, 0.2) is 48.5 Å². The first-order chi connectivity index (χ1) is 16.4. The Labute approximate surface area is 194 Å². The first-order valence-corrected chi connectivity index (χ1v) is 11.0. The fourth-order valence-corrected chi connectivity index (χ4v) is 4.43. The monoisotopic (exact) mass is 461 g/mol. The number of aliphatic carboxylic acids is 1. The largest absolute Gasteiger partial charge is 0.480 e. The molecule has 4 N–H and O–H groups in total. The standard InChI is InChI=1S/C24H23N5O5/c1-24(21(31)32,13-10-11-13)27-20(30)19-25-22(29-28-19)26-23(33)34-12-18-16-8-4-2-6-14(16)15-7-3-5-9-17(15)18/h2-9,13,18H,10-12H2,1H3,(H,27,30)(H,31,32)(H2,25,26,28,29,33). The van der Waals surface area contributed by atoms with Gasteiger partial charge in [0.05, 0.1) is 0 Å². The highest BCUT2D eigenvalue weighted by Gasteiger charge is 2.49. The van der Waals surface area contributed by atoms with Crippen molar-refractivity contribution in [3.05, 3.63) is 65.5 Å². The predicted molar refractivity (Wildman–Crippen MR) is 121 cm³/mol. The molecule has 0 saturated heterocycles. The summed E-state index contributed by atoms with van der Waals surface area (Å²) in [4.78, 5) is 40.4. The Morgan fingerprint density at radius 1 is 1.09 bits per heavy atom. The number of aromatic amines is 1. The molecule has 1 saturated carbocycles. The molecule has 2 amide bonds. The van der Waals surface area contributed by atoms with Crippen LogP contribution in [-0.2, 0) is 9.53 Å². The topological polar surface area (TPSA) is 146 Å². The number of hydrogen-bond acceptors (Lipinski definition) is 6. The van der Waals surface area contributed by atoms with Crippen LogP contribution in [0.1, 0.15) is 47.4 Å². The summed E-state index contributed by atoms with van der Waals surface area (Å²) in [6, 6.07) is 16.0. The van der Waals surface area contributed by atoms with Crippen LogP contribution in [0.4, 0.5) is 10.7 Å². The van der Waals surface area contributed by atoms with Gasteiger partial charge in [0.25, 0.3) is 11.9 Å². The number of benzene rings is 2. The Kier molecular flexibility index (Phi) is 5.27. The van der Waals surface area contributed by atoms with Gasteiger partial charge in [0, 0.05) is 5.92 Å². The molecule has 10 nitrogen and oxygen atoms in total. The number of aromatic nitrogens is 3. The van der Waals surface area contributed by atoms with Crippen LogP contribution in [0.2, 0.25) is 0 Å². The highest BCUT2D eigenvalue weighted by molar-refractivity contribution is 5.95. The summed E-state index contributed by atoms with van der Waals surface area (Å²) in [5.74, 6) is -2.41. The SMILES string of the molecule is CC(NC(=O)c1nc(NC(=O)OCC2c3ccccc3-c3ccccc32)n[nH]1)(C(=O)O)C1CC1. The van der Waals surface area contributed by atoms with Gasteiger partial charge in [-0.05, 0) is 47.9 Å². The normalized spacial score (nSPS) is 16.1. The summed E-state index contributed by atoms with van der Waals surface area (Å²) < 4.78 is 5.44. The number of nitrogens with zero attached hydrogens (tertiary/aromatic N) is 2. The number of rotatable bonds is 7. The minimum atomic E-state index is -1.38. The van der Waals surface area contributed by atoms with E-state index in [1.54, 1.807) is 0 Å². The van der Waals surface area contributed by atoms with Gasteiger partial charge in [0.1, 0.15) is 12.1 Å². The Morgan fingerprint density at radius 3 is 2.29 bits per heavy atom. The maximum absolute atomic E-state index is 12.5. The lowest BCUT2D eigenvalue weighted by molar-refractivity contribution is -0.144. The molecule has 1 fully saturated rings. The second kappa shape index (κ2) is 8.29. The lowest BCUT2D eigenvalue weighted by Gasteiger charge is -2.25. The van der Waals surface area contributed by atoms with Crippen LogP contribution in [0, 0.1) is 5.92 Å². The molecular formula is C24H23N5O5. The molecule has 1 atom stereocenters. The summed E-state index contributed by atoms with van der Waals surface area (Å²) in [5.41, 5.74) is 3.04. The molecular weight excluding hydrogens is 438 g/mol. The van der Waals surface area contributed by atoms with E-state index in [4.69, 9.17) is 4.74 Å². The molecule has 34 heavy (non-hydrogen) atoms. The fourth-order valence-electron chi connectivity index (χ4n) is 4.43. The van der Waals surface area contributed by atoms with Crippen molar-refractivity contribution in [3.63, 3.8) is 0 Å². The first-order valence-electron chi connectivity index (χ1n) is 11.0. The van der Waals surface area contributed by atoms with Gasteiger partial charge in [-0.1, -0.05) is 48.5 Å². The lowest BCUT2D eigenvalue weighted by Crippen LogP contribution is -2.54. The number of carboxylic acids is 1. The number of H-pyrrole nitrogens is 1. The highest BCUT2D eigenvalue weighted by Crippen LogP contribution is 2.44. The van der Waals surface area contributed by atoms with Gasteiger partial charge in [-0.2, -0.15) is 4.98 Å². The van der Waals surface area contributed by atoms with E-state index in [1.165, 1.54) is 6.92 Å². The van der Waals surface area contributed by atoms with Gasteiger partial charge >= 0.3 is 12.1 Å². The maximum atomic E-state index is 12.5. The molecule has 5 rings (SSSR count). The van der Waals surface area contributed by atoms with E-state index in [0.29, 0.717) is 0 Å². The summed E-state index contributed by atoms with van der Waals surface area (Å²) >= 11 is 0. The zero-order valence-corrected chi connectivity index (χ0v) is 18.4. The van der Waals surface area contributed by atoms with E-state index in [1.807, 2.05) is 48.5 Å². The number of anilines is 1. The van der Waals surface area contributed by atoms with Crippen molar-refractivity contribution in [2.75, 3.05) is 11.9 Å². The number of amides is 2. The van der Waals surface area contributed by atoms with Crippen LogP contribution >= 0.6 is 0 Å². The van der Waals surface area contributed by atoms with Gasteiger partial charge in [0.15, 0.2) is 0 Å². The number of fused-ring (bicyclic) bond motifs is 3. The third-order valence-corrected chi connectivity index (χ3v) is 6.47. The molecule has 1 heterocycles. The lowest BCUT2D eigenvalue weighted by atomic mass is 9.96. The molecule has 3 aromatic rings. The zero-order chi connectivity index (χ0) is 23.9. The van der Waals surface area contributed by atoms with E-state index >= 15 is 0 Å². The predicted octanol–water partition coefficient (Wildman–Crippen LogP) is 3.15. The molecule has 1 aromatic heterocycles.